The smallest absolute Gasteiger partial charge is 0.137 e. The molecule has 0 spiro atoms. The number of carbonyl (C=O) groups is 2. The molecule has 0 aromatic rings. The quantitative estimate of drug-likeness (QED) is 0.632. The highest BCUT2D eigenvalue weighted by Crippen LogP contribution is 2.67. The Morgan fingerprint density at radius 3 is 2.55 bits per heavy atom. The van der Waals surface area contributed by atoms with Crippen molar-refractivity contribution in [3.8, 4) is 0 Å². The second kappa shape index (κ2) is 6.88. The second-order valence-corrected chi connectivity index (χ2v) is 12.9. The van der Waals surface area contributed by atoms with Gasteiger partial charge in [-0.2, -0.15) is 0 Å². The number of nitrogens with zero attached hydrogens (tertiary/aromatic N) is 1. The lowest BCUT2D eigenvalue weighted by Gasteiger charge is -2.58. The molecule has 0 bridgehead atoms. The molecule has 4 aliphatic carbocycles. The molecule has 4 nitrogen and oxygen atoms in total. The van der Waals surface area contributed by atoms with Gasteiger partial charge in [0.1, 0.15) is 11.6 Å². The SMILES string of the molecule is C[C@@H]1CCC2[C@H](C)C3CC[C@@]4(O)[C@@H]5CC(=O)[C@H]6CC(=O)CC[C@]6(C)C5C[C@H]4[C@@H]3CN2C1. The minimum atomic E-state index is -0.662. The third-order valence-corrected chi connectivity index (χ3v) is 11.7. The minimum absolute atomic E-state index is 0.0844. The minimum Gasteiger partial charge on any atom is -0.389 e. The highest BCUT2D eigenvalue weighted by molar-refractivity contribution is 5.91. The Morgan fingerprint density at radius 2 is 1.74 bits per heavy atom. The van der Waals surface area contributed by atoms with Crippen LogP contribution in [0, 0.1) is 52.8 Å². The summed E-state index contributed by atoms with van der Waals surface area (Å²) in [7, 11) is 0. The van der Waals surface area contributed by atoms with Gasteiger partial charge in [-0.05, 0) is 85.4 Å². The van der Waals surface area contributed by atoms with Crippen LogP contribution in [0.5, 0.6) is 0 Å². The van der Waals surface area contributed by atoms with Gasteiger partial charge in [0.15, 0.2) is 0 Å². The summed E-state index contributed by atoms with van der Waals surface area (Å²) < 4.78 is 0. The average Bonchev–Trinajstić information content (AvgIpc) is 3.03. The molecular formula is C27H41NO3. The largest absolute Gasteiger partial charge is 0.389 e. The van der Waals surface area contributed by atoms with Gasteiger partial charge in [0.05, 0.1) is 5.60 Å². The fourth-order valence-electron chi connectivity index (χ4n) is 10.1. The zero-order chi connectivity index (χ0) is 21.7. The summed E-state index contributed by atoms with van der Waals surface area (Å²) in [6.07, 6.45) is 8.26. The normalized spacial score (nSPS) is 56.8. The van der Waals surface area contributed by atoms with Crippen molar-refractivity contribution in [3.63, 3.8) is 0 Å². The van der Waals surface area contributed by atoms with Crippen LogP contribution in [0.1, 0.15) is 78.6 Å². The molecule has 4 saturated carbocycles. The molecule has 2 aliphatic heterocycles. The van der Waals surface area contributed by atoms with E-state index in [0.717, 1.165) is 56.0 Å². The van der Waals surface area contributed by atoms with E-state index in [2.05, 4.69) is 25.7 Å². The third kappa shape index (κ3) is 2.79. The van der Waals surface area contributed by atoms with E-state index >= 15 is 0 Å². The lowest BCUT2D eigenvalue weighted by molar-refractivity contribution is -0.165. The third-order valence-electron chi connectivity index (χ3n) is 11.7. The zero-order valence-corrected chi connectivity index (χ0v) is 19.7. The monoisotopic (exact) mass is 427 g/mol. The van der Waals surface area contributed by atoms with Crippen molar-refractivity contribution in [1.82, 2.24) is 4.90 Å². The molecule has 31 heavy (non-hydrogen) atoms. The second-order valence-electron chi connectivity index (χ2n) is 12.9. The van der Waals surface area contributed by atoms with Gasteiger partial charge in [-0.15, -0.1) is 0 Å². The van der Waals surface area contributed by atoms with E-state index in [1.54, 1.807) is 0 Å². The molecule has 4 heteroatoms. The number of aliphatic hydroxyl groups is 1. The van der Waals surface area contributed by atoms with Crippen LogP contribution in [-0.2, 0) is 9.59 Å². The molecule has 6 rings (SSSR count). The van der Waals surface area contributed by atoms with Crippen molar-refractivity contribution >= 4 is 11.6 Å². The number of fused-ring (bicyclic) bond motifs is 8. The first-order valence-electron chi connectivity index (χ1n) is 13.2. The van der Waals surface area contributed by atoms with Crippen molar-refractivity contribution in [2.75, 3.05) is 13.1 Å². The Kier molecular flexibility index (Phi) is 4.63. The summed E-state index contributed by atoms with van der Waals surface area (Å²) >= 11 is 0. The Hall–Kier alpha value is -0.740. The molecule has 0 radical (unpaired) electrons. The zero-order valence-electron chi connectivity index (χ0n) is 19.7. The van der Waals surface area contributed by atoms with Gasteiger partial charge in [-0.25, -0.2) is 0 Å². The summed E-state index contributed by atoms with van der Waals surface area (Å²) in [4.78, 5) is 28.2. The van der Waals surface area contributed by atoms with Crippen molar-refractivity contribution in [1.29, 1.82) is 0 Å². The highest BCUT2D eigenvalue weighted by Gasteiger charge is 2.68. The van der Waals surface area contributed by atoms with Gasteiger partial charge in [-0.3, -0.25) is 14.5 Å². The maximum atomic E-state index is 13.2. The van der Waals surface area contributed by atoms with Gasteiger partial charge in [0.2, 0.25) is 0 Å². The van der Waals surface area contributed by atoms with Crippen LogP contribution >= 0.6 is 0 Å². The summed E-state index contributed by atoms with van der Waals surface area (Å²) in [6, 6.07) is 0.736. The van der Waals surface area contributed by atoms with Crippen LogP contribution in [0.25, 0.3) is 0 Å². The molecule has 1 N–H and O–H groups in total. The molecule has 6 fully saturated rings. The van der Waals surface area contributed by atoms with E-state index in [4.69, 9.17) is 0 Å². The highest BCUT2D eigenvalue weighted by atomic mass is 16.3. The summed E-state index contributed by atoms with van der Waals surface area (Å²) in [5, 5.41) is 12.2. The lowest BCUT2D eigenvalue weighted by atomic mass is 9.51. The first kappa shape index (κ1) is 20.8. The van der Waals surface area contributed by atoms with Gasteiger partial charge in [-0.1, -0.05) is 20.8 Å². The van der Waals surface area contributed by atoms with Crippen molar-refractivity contribution in [2.45, 2.75) is 90.2 Å². The Balaban J connectivity index is 1.33. The number of ketones is 2. The molecule has 3 unspecified atom stereocenters. The van der Waals surface area contributed by atoms with Gasteiger partial charge < -0.3 is 5.11 Å². The molecule has 6 aliphatic rings. The number of rotatable bonds is 0. The topological polar surface area (TPSA) is 57.6 Å². The van der Waals surface area contributed by atoms with Crippen molar-refractivity contribution in [2.24, 2.45) is 52.8 Å². The fourth-order valence-corrected chi connectivity index (χ4v) is 10.1. The van der Waals surface area contributed by atoms with E-state index in [1.807, 2.05) is 0 Å². The number of piperidine rings is 2. The standard InChI is InChI=1S/C27H41NO3/c1-15-4-5-24-16(2)18-7-9-27(31)20(19(18)14-28(24)13-15)11-21-22(27)12-25(30)23-10-17(29)6-8-26(21,23)3/h15-16,18-24,31H,4-14H2,1-3H3/t15-,16-,18?,19-,20+,21?,22-,23-,24?,26-,27+/m1/s1. The Bertz CT molecular complexity index is 793. The first-order valence-corrected chi connectivity index (χ1v) is 13.2. The van der Waals surface area contributed by atoms with Crippen molar-refractivity contribution < 1.29 is 14.7 Å². The molecule has 172 valence electrons. The maximum Gasteiger partial charge on any atom is 0.137 e. The van der Waals surface area contributed by atoms with Crippen LogP contribution in [0.2, 0.25) is 0 Å². The lowest BCUT2D eigenvalue weighted by Crippen LogP contribution is -2.62. The van der Waals surface area contributed by atoms with Crippen LogP contribution < -0.4 is 0 Å². The van der Waals surface area contributed by atoms with E-state index < -0.39 is 5.60 Å². The number of hydrogen-bond acceptors (Lipinski definition) is 4. The molecule has 2 heterocycles. The molecule has 0 amide bonds. The molecule has 0 aromatic heterocycles. The molecule has 0 aromatic carbocycles. The Morgan fingerprint density at radius 1 is 0.935 bits per heavy atom. The van der Waals surface area contributed by atoms with E-state index in [-0.39, 0.29) is 28.8 Å². The number of hydrogen-bond donors (Lipinski definition) is 1. The van der Waals surface area contributed by atoms with E-state index in [0.29, 0.717) is 37.0 Å². The summed E-state index contributed by atoms with van der Waals surface area (Å²) in [5.41, 5.74) is -0.746. The van der Waals surface area contributed by atoms with Gasteiger partial charge in [0.25, 0.3) is 0 Å². The average molecular weight is 428 g/mol. The molecule has 11 atom stereocenters. The molecular weight excluding hydrogens is 386 g/mol. The van der Waals surface area contributed by atoms with Crippen LogP contribution in [0.15, 0.2) is 0 Å². The summed E-state index contributed by atoms with van der Waals surface area (Å²) in [5.74, 6) is 4.12. The van der Waals surface area contributed by atoms with E-state index in [9.17, 15) is 14.7 Å². The Labute approximate surface area is 187 Å². The predicted molar refractivity (Wildman–Crippen MR) is 119 cm³/mol. The van der Waals surface area contributed by atoms with Crippen LogP contribution in [0.4, 0.5) is 0 Å². The van der Waals surface area contributed by atoms with Crippen LogP contribution in [0.3, 0.4) is 0 Å². The number of Topliss-reactive ketones (excluding diaryl/α,β-unsaturated/α-hetero) is 2. The maximum absolute atomic E-state index is 13.2. The van der Waals surface area contributed by atoms with Gasteiger partial charge in [0, 0.05) is 44.3 Å². The van der Waals surface area contributed by atoms with E-state index in [1.165, 1.54) is 19.4 Å². The van der Waals surface area contributed by atoms with Crippen molar-refractivity contribution in [3.05, 3.63) is 0 Å². The predicted octanol–water partition coefficient (Wildman–Crippen LogP) is 4.09. The first-order chi connectivity index (χ1) is 14.7. The fraction of sp³-hybridized carbons (Fsp3) is 0.926. The van der Waals surface area contributed by atoms with Crippen LogP contribution in [-0.4, -0.2) is 46.3 Å². The molecule has 2 saturated heterocycles. The van der Waals surface area contributed by atoms with Gasteiger partial charge >= 0.3 is 0 Å². The summed E-state index contributed by atoms with van der Waals surface area (Å²) in [6.45, 7) is 9.55. The number of carbonyl (C=O) groups excluding carboxylic acids is 2.